The van der Waals surface area contributed by atoms with Crippen molar-refractivity contribution in [1.29, 1.82) is 0 Å². The van der Waals surface area contributed by atoms with Crippen LogP contribution in [0.25, 0.3) is 0 Å². The molecule has 1 atom stereocenters. The average molecular weight is 358 g/mol. The van der Waals surface area contributed by atoms with Gasteiger partial charge in [0, 0.05) is 19.7 Å². The van der Waals surface area contributed by atoms with E-state index in [1.165, 1.54) is 0 Å². The molecule has 2 rings (SSSR count). The summed E-state index contributed by atoms with van der Waals surface area (Å²) in [7, 11) is 3.15. The summed E-state index contributed by atoms with van der Waals surface area (Å²) in [4.78, 5) is 12.5. The largest absolute Gasteiger partial charge is 0.493 e. The van der Waals surface area contributed by atoms with Crippen LogP contribution in [0.3, 0.4) is 0 Å². The van der Waals surface area contributed by atoms with E-state index in [9.17, 15) is 9.90 Å². The molecule has 0 fully saturated rings. The van der Waals surface area contributed by atoms with Crippen LogP contribution in [0, 0.1) is 0 Å². The fraction of sp³-hybridized carbons (Fsp3) is 0.350. The van der Waals surface area contributed by atoms with Gasteiger partial charge in [0.25, 0.3) is 0 Å². The van der Waals surface area contributed by atoms with Gasteiger partial charge < -0.3 is 25.2 Å². The van der Waals surface area contributed by atoms with Crippen molar-refractivity contribution in [1.82, 2.24) is 10.6 Å². The van der Waals surface area contributed by atoms with Gasteiger partial charge in [0.05, 0.1) is 20.3 Å². The summed E-state index contributed by atoms with van der Waals surface area (Å²) in [6.07, 6.45) is 0.352. The van der Waals surface area contributed by atoms with Gasteiger partial charge in [-0.1, -0.05) is 36.4 Å². The predicted molar refractivity (Wildman–Crippen MR) is 100 cm³/mol. The third-order valence-electron chi connectivity index (χ3n) is 4.04. The number of hydrogen-bond acceptors (Lipinski definition) is 5. The van der Waals surface area contributed by atoms with Gasteiger partial charge in [-0.15, -0.1) is 0 Å². The van der Waals surface area contributed by atoms with Crippen molar-refractivity contribution in [2.75, 3.05) is 20.8 Å². The molecule has 0 saturated carbocycles. The minimum Gasteiger partial charge on any atom is -0.493 e. The molecule has 6 heteroatoms. The van der Waals surface area contributed by atoms with E-state index < -0.39 is 6.04 Å². The molecule has 3 N–H and O–H groups in total. The standard InChI is InChI=1S/C20H26N2O4/c1-25-18-9-8-16(12-19(18)26-2)14-22-20(24)17(10-11-23)21-13-15-6-4-3-5-7-15/h3-9,12,17,21,23H,10-11,13-14H2,1-2H3,(H,22,24). The molecular weight excluding hydrogens is 332 g/mol. The Morgan fingerprint density at radius 3 is 2.38 bits per heavy atom. The Kier molecular flexibility index (Phi) is 7.92. The summed E-state index contributed by atoms with van der Waals surface area (Å²) in [6.45, 7) is 0.875. The highest BCUT2D eigenvalue weighted by molar-refractivity contribution is 5.81. The second kappa shape index (κ2) is 10.4. The molecule has 1 amide bonds. The molecule has 1 unspecified atom stereocenters. The zero-order chi connectivity index (χ0) is 18.8. The Bertz CT molecular complexity index is 691. The zero-order valence-electron chi connectivity index (χ0n) is 15.2. The first-order valence-corrected chi connectivity index (χ1v) is 8.54. The van der Waals surface area contributed by atoms with E-state index in [1.807, 2.05) is 42.5 Å². The number of ether oxygens (including phenoxy) is 2. The van der Waals surface area contributed by atoms with Crippen LogP contribution in [0.15, 0.2) is 48.5 Å². The molecule has 0 aliphatic rings. The summed E-state index contributed by atoms with van der Waals surface area (Å²) in [5, 5.41) is 15.3. The van der Waals surface area contributed by atoms with Gasteiger partial charge in [-0.3, -0.25) is 4.79 Å². The maximum atomic E-state index is 12.5. The monoisotopic (exact) mass is 358 g/mol. The minimum atomic E-state index is -0.458. The zero-order valence-corrected chi connectivity index (χ0v) is 15.2. The highest BCUT2D eigenvalue weighted by atomic mass is 16.5. The number of carbonyl (C=O) groups is 1. The number of rotatable bonds is 10. The van der Waals surface area contributed by atoms with E-state index in [0.717, 1.165) is 11.1 Å². The predicted octanol–water partition coefficient (Wildman–Crippen LogP) is 1.86. The molecule has 0 heterocycles. The van der Waals surface area contributed by atoms with Crippen LogP contribution in [-0.2, 0) is 17.9 Å². The van der Waals surface area contributed by atoms with Crippen LogP contribution in [0.5, 0.6) is 11.5 Å². The molecule has 140 valence electrons. The number of methoxy groups -OCH3 is 2. The first-order valence-electron chi connectivity index (χ1n) is 8.54. The summed E-state index contributed by atoms with van der Waals surface area (Å²) in [5.74, 6) is 1.11. The highest BCUT2D eigenvalue weighted by Crippen LogP contribution is 2.27. The van der Waals surface area contributed by atoms with Gasteiger partial charge in [0.1, 0.15) is 0 Å². The van der Waals surface area contributed by atoms with E-state index in [0.29, 0.717) is 31.0 Å². The molecule has 0 aliphatic carbocycles. The molecule has 2 aromatic rings. The number of aliphatic hydroxyl groups excluding tert-OH is 1. The Hall–Kier alpha value is -2.57. The third kappa shape index (κ3) is 5.75. The van der Waals surface area contributed by atoms with Gasteiger partial charge in [0.15, 0.2) is 11.5 Å². The molecule has 0 aromatic heterocycles. The summed E-state index contributed by atoms with van der Waals surface area (Å²) in [6, 6.07) is 14.9. The first kappa shape index (κ1) is 19.8. The van der Waals surface area contributed by atoms with Crippen molar-refractivity contribution in [3.05, 3.63) is 59.7 Å². The number of hydrogen-bond donors (Lipinski definition) is 3. The van der Waals surface area contributed by atoms with Gasteiger partial charge in [-0.25, -0.2) is 0 Å². The molecule has 0 bridgehead atoms. The van der Waals surface area contributed by atoms with Crippen molar-refractivity contribution in [3.63, 3.8) is 0 Å². The van der Waals surface area contributed by atoms with E-state index in [-0.39, 0.29) is 12.5 Å². The van der Waals surface area contributed by atoms with Gasteiger partial charge in [0.2, 0.25) is 5.91 Å². The fourth-order valence-corrected chi connectivity index (χ4v) is 2.59. The van der Waals surface area contributed by atoms with Crippen LogP contribution in [-0.4, -0.2) is 37.9 Å². The molecular formula is C20H26N2O4. The van der Waals surface area contributed by atoms with Crippen LogP contribution < -0.4 is 20.1 Å². The van der Waals surface area contributed by atoms with Crippen LogP contribution in [0.1, 0.15) is 17.5 Å². The lowest BCUT2D eigenvalue weighted by atomic mass is 10.1. The lowest BCUT2D eigenvalue weighted by Gasteiger charge is -2.18. The number of amides is 1. The van der Waals surface area contributed by atoms with Crippen molar-refractivity contribution in [3.8, 4) is 11.5 Å². The molecule has 2 aromatic carbocycles. The van der Waals surface area contributed by atoms with Crippen molar-refractivity contribution in [2.24, 2.45) is 0 Å². The number of carbonyl (C=O) groups excluding carboxylic acids is 1. The van der Waals surface area contributed by atoms with E-state index in [1.54, 1.807) is 20.3 Å². The Morgan fingerprint density at radius 2 is 1.73 bits per heavy atom. The van der Waals surface area contributed by atoms with E-state index in [2.05, 4.69) is 10.6 Å². The lowest BCUT2D eigenvalue weighted by molar-refractivity contribution is -0.123. The van der Waals surface area contributed by atoms with Crippen molar-refractivity contribution in [2.45, 2.75) is 25.6 Å². The maximum Gasteiger partial charge on any atom is 0.237 e. The maximum absolute atomic E-state index is 12.5. The minimum absolute atomic E-state index is 0.0593. The number of aliphatic hydroxyl groups is 1. The smallest absolute Gasteiger partial charge is 0.237 e. The second-order valence-electron chi connectivity index (χ2n) is 5.84. The van der Waals surface area contributed by atoms with Crippen LogP contribution in [0.4, 0.5) is 0 Å². The third-order valence-corrected chi connectivity index (χ3v) is 4.04. The van der Waals surface area contributed by atoms with Gasteiger partial charge in [-0.2, -0.15) is 0 Å². The Morgan fingerprint density at radius 1 is 1.00 bits per heavy atom. The normalized spacial score (nSPS) is 11.7. The SMILES string of the molecule is COc1ccc(CNC(=O)C(CCO)NCc2ccccc2)cc1OC. The summed E-state index contributed by atoms with van der Waals surface area (Å²) >= 11 is 0. The molecule has 0 saturated heterocycles. The Labute approximate surface area is 154 Å². The topological polar surface area (TPSA) is 79.8 Å². The molecule has 0 radical (unpaired) electrons. The van der Waals surface area contributed by atoms with Crippen LogP contribution >= 0.6 is 0 Å². The first-order chi connectivity index (χ1) is 12.7. The molecule has 0 aliphatic heterocycles. The second-order valence-corrected chi connectivity index (χ2v) is 5.84. The summed E-state index contributed by atoms with van der Waals surface area (Å²) < 4.78 is 10.5. The van der Waals surface area contributed by atoms with E-state index >= 15 is 0 Å². The average Bonchev–Trinajstić information content (AvgIpc) is 2.69. The van der Waals surface area contributed by atoms with E-state index in [4.69, 9.17) is 9.47 Å². The van der Waals surface area contributed by atoms with Crippen molar-refractivity contribution >= 4 is 5.91 Å². The molecule has 26 heavy (non-hydrogen) atoms. The summed E-state index contributed by atoms with van der Waals surface area (Å²) in [5.41, 5.74) is 1.99. The number of nitrogens with one attached hydrogen (secondary N) is 2. The Balaban J connectivity index is 1.92. The quantitative estimate of drug-likeness (QED) is 0.604. The molecule has 0 spiro atoms. The number of benzene rings is 2. The fourth-order valence-electron chi connectivity index (χ4n) is 2.59. The van der Waals surface area contributed by atoms with Gasteiger partial charge >= 0.3 is 0 Å². The highest BCUT2D eigenvalue weighted by Gasteiger charge is 2.17. The molecule has 6 nitrogen and oxygen atoms in total. The lowest BCUT2D eigenvalue weighted by Crippen LogP contribution is -2.44. The van der Waals surface area contributed by atoms with Crippen molar-refractivity contribution < 1.29 is 19.4 Å². The van der Waals surface area contributed by atoms with Gasteiger partial charge in [-0.05, 0) is 29.7 Å². The van der Waals surface area contributed by atoms with Crippen LogP contribution in [0.2, 0.25) is 0 Å².